The summed E-state index contributed by atoms with van der Waals surface area (Å²) < 4.78 is 0.415. The number of thioether (sulfide) groups is 1. The lowest BCUT2D eigenvalue weighted by molar-refractivity contribution is -0.384. The molecule has 0 spiro atoms. The lowest BCUT2D eigenvalue weighted by Crippen LogP contribution is -2.31. The molecule has 1 fully saturated rings. The molecule has 1 aromatic heterocycles. The van der Waals surface area contributed by atoms with Gasteiger partial charge in [-0.3, -0.25) is 19.8 Å². The summed E-state index contributed by atoms with van der Waals surface area (Å²) in [6.07, 6.45) is 4.23. The van der Waals surface area contributed by atoms with Gasteiger partial charge in [-0.25, -0.2) is 4.99 Å². The molecule has 0 saturated carbocycles. The lowest BCUT2D eigenvalue weighted by Gasteiger charge is -2.15. The number of aliphatic imine (C=N–C) groups is 1. The van der Waals surface area contributed by atoms with Gasteiger partial charge in [0.15, 0.2) is 5.17 Å². The van der Waals surface area contributed by atoms with E-state index in [4.69, 9.17) is 11.6 Å². The average molecular weight is 598 g/mol. The number of H-pyrrole nitrogens is 1. The normalized spacial score (nSPS) is 15.8. The minimum absolute atomic E-state index is 0.0364. The first-order valence-electron chi connectivity index (χ1n) is 11.1. The lowest BCUT2D eigenvalue weighted by atomic mass is 10.1. The van der Waals surface area contributed by atoms with Crippen LogP contribution in [0.2, 0.25) is 5.02 Å². The van der Waals surface area contributed by atoms with Crippen LogP contribution in [-0.2, 0) is 11.2 Å². The number of phenolic OH excluding ortho intramolecular Hbond substituents is 1. The molecule has 5 rings (SSSR count). The number of non-ortho nitro benzene ring substituents is 1. The first kappa shape index (κ1) is 25.1. The van der Waals surface area contributed by atoms with Gasteiger partial charge in [-0.15, -0.1) is 0 Å². The van der Waals surface area contributed by atoms with Crippen LogP contribution in [0, 0.1) is 10.1 Å². The van der Waals surface area contributed by atoms with Crippen molar-refractivity contribution < 1.29 is 14.8 Å². The Morgan fingerprint density at radius 3 is 2.68 bits per heavy atom. The van der Waals surface area contributed by atoms with Crippen molar-refractivity contribution in [1.82, 2.24) is 9.88 Å². The van der Waals surface area contributed by atoms with Crippen molar-refractivity contribution in [2.24, 2.45) is 4.99 Å². The van der Waals surface area contributed by atoms with Crippen LogP contribution in [0.15, 0.2) is 81.2 Å². The van der Waals surface area contributed by atoms with Crippen molar-refractivity contribution in [3.63, 3.8) is 0 Å². The Labute approximate surface area is 228 Å². The van der Waals surface area contributed by atoms with E-state index in [1.807, 2.05) is 30.5 Å². The molecule has 0 radical (unpaired) electrons. The summed E-state index contributed by atoms with van der Waals surface area (Å²) in [6.45, 7) is 0.386. The predicted octanol–water partition coefficient (Wildman–Crippen LogP) is 7.04. The van der Waals surface area contributed by atoms with Gasteiger partial charge in [0.1, 0.15) is 5.75 Å². The fraction of sp³-hybridized carbons (Fsp3) is 0.0769. The highest BCUT2D eigenvalue weighted by Crippen LogP contribution is 2.38. The van der Waals surface area contributed by atoms with Crippen molar-refractivity contribution in [2.75, 3.05) is 6.54 Å². The topological polar surface area (TPSA) is 112 Å². The Bertz CT molecular complexity index is 1580. The number of aromatic hydroxyl groups is 1. The number of nitro benzene ring substituents is 1. The van der Waals surface area contributed by atoms with Crippen molar-refractivity contribution in [3.05, 3.63) is 103 Å². The van der Waals surface area contributed by atoms with E-state index in [0.29, 0.717) is 38.8 Å². The number of amidine groups is 1. The number of hydrogen-bond donors (Lipinski definition) is 2. The molecule has 186 valence electrons. The fourth-order valence-electron chi connectivity index (χ4n) is 3.94. The maximum absolute atomic E-state index is 13.5. The van der Waals surface area contributed by atoms with Crippen LogP contribution in [0.1, 0.15) is 11.1 Å². The summed E-state index contributed by atoms with van der Waals surface area (Å²) >= 11 is 10.6. The molecule has 0 unspecified atom stereocenters. The summed E-state index contributed by atoms with van der Waals surface area (Å²) in [5.74, 6) is -0.291. The maximum atomic E-state index is 13.5. The van der Waals surface area contributed by atoms with Gasteiger partial charge in [0.2, 0.25) is 0 Å². The van der Waals surface area contributed by atoms with Crippen molar-refractivity contribution in [1.29, 1.82) is 0 Å². The van der Waals surface area contributed by atoms with Gasteiger partial charge >= 0.3 is 0 Å². The zero-order chi connectivity index (χ0) is 26.1. The van der Waals surface area contributed by atoms with Crippen LogP contribution < -0.4 is 0 Å². The van der Waals surface area contributed by atoms with Crippen LogP contribution in [0.3, 0.4) is 0 Å². The number of hydrogen-bond acceptors (Lipinski definition) is 6. The van der Waals surface area contributed by atoms with Gasteiger partial charge in [0.25, 0.3) is 11.6 Å². The van der Waals surface area contributed by atoms with Gasteiger partial charge in [-0.1, -0.05) is 29.8 Å². The highest BCUT2D eigenvalue weighted by molar-refractivity contribution is 9.10. The number of amides is 1. The predicted molar refractivity (Wildman–Crippen MR) is 150 cm³/mol. The molecule has 2 N–H and O–H groups in total. The SMILES string of the molecule is O=C1/C(=C/c2cc(Cl)c(O)c(Br)c2)SC(=Nc2ccc([N+](=O)[O-])cc2)N1CCc1c[nH]c2ccccc12. The van der Waals surface area contributed by atoms with Crippen LogP contribution in [0.5, 0.6) is 5.75 Å². The maximum Gasteiger partial charge on any atom is 0.269 e. The molecule has 0 atom stereocenters. The van der Waals surface area contributed by atoms with Crippen LogP contribution >= 0.6 is 39.3 Å². The van der Waals surface area contributed by atoms with Crippen molar-refractivity contribution in [3.8, 4) is 5.75 Å². The number of aromatic amines is 1. The number of fused-ring (bicyclic) bond motifs is 1. The Kier molecular flexibility index (Phi) is 7.05. The monoisotopic (exact) mass is 596 g/mol. The number of carbonyl (C=O) groups excluding carboxylic acids is 1. The molecule has 1 amide bonds. The Morgan fingerprint density at radius 1 is 1.19 bits per heavy atom. The molecule has 4 aromatic rings. The summed E-state index contributed by atoms with van der Waals surface area (Å²) in [4.78, 5) is 33.9. The molecule has 2 heterocycles. The highest BCUT2D eigenvalue weighted by atomic mass is 79.9. The molecule has 1 saturated heterocycles. The zero-order valence-electron chi connectivity index (χ0n) is 19.0. The number of halogens is 2. The van der Waals surface area contributed by atoms with E-state index in [-0.39, 0.29) is 22.4 Å². The minimum Gasteiger partial charge on any atom is -0.505 e. The number of nitrogens with one attached hydrogen (secondary N) is 1. The van der Waals surface area contributed by atoms with E-state index >= 15 is 0 Å². The second kappa shape index (κ2) is 10.4. The smallest absolute Gasteiger partial charge is 0.269 e. The van der Waals surface area contributed by atoms with E-state index < -0.39 is 4.92 Å². The second-order valence-electron chi connectivity index (χ2n) is 8.18. The summed E-state index contributed by atoms with van der Waals surface area (Å²) in [5.41, 5.74) is 3.20. The molecule has 0 aliphatic carbocycles. The average Bonchev–Trinajstić information content (AvgIpc) is 3.42. The van der Waals surface area contributed by atoms with E-state index in [1.165, 1.54) is 23.9 Å². The molecule has 1 aliphatic heterocycles. The van der Waals surface area contributed by atoms with Crippen LogP contribution in [0.25, 0.3) is 17.0 Å². The van der Waals surface area contributed by atoms with Gasteiger partial charge in [-0.2, -0.15) is 0 Å². The van der Waals surface area contributed by atoms with E-state index in [1.54, 1.807) is 35.2 Å². The van der Waals surface area contributed by atoms with Gasteiger partial charge in [-0.05, 0) is 81.6 Å². The van der Waals surface area contributed by atoms with Crippen LogP contribution in [0.4, 0.5) is 11.4 Å². The van der Waals surface area contributed by atoms with Crippen molar-refractivity contribution >= 4 is 78.7 Å². The number of nitrogens with zero attached hydrogens (tertiary/aromatic N) is 3. The standard InChI is InChI=1S/C26H18BrClN4O4S/c27-20-11-15(12-21(28)24(20)33)13-23-25(34)31(10-9-16-14-29-22-4-2-1-3-19(16)22)26(37-23)30-17-5-7-18(8-6-17)32(35)36/h1-8,11-14,29,33H,9-10H2/b23-13-,30-26?. The Morgan fingerprint density at radius 2 is 1.95 bits per heavy atom. The molecule has 11 heteroatoms. The van der Waals surface area contributed by atoms with E-state index in [0.717, 1.165) is 16.5 Å². The van der Waals surface area contributed by atoms with E-state index in [9.17, 15) is 20.0 Å². The Hall–Kier alpha value is -3.60. The quantitative estimate of drug-likeness (QED) is 0.141. The summed E-state index contributed by atoms with van der Waals surface area (Å²) in [6, 6.07) is 17.1. The van der Waals surface area contributed by atoms with Gasteiger partial charge < -0.3 is 10.1 Å². The largest absolute Gasteiger partial charge is 0.505 e. The first-order valence-corrected chi connectivity index (χ1v) is 13.1. The Balaban J connectivity index is 1.48. The molecule has 1 aliphatic rings. The number of carbonyl (C=O) groups is 1. The third-order valence-corrected chi connectivity index (χ3v) is 7.69. The zero-order valence-corrected chi connectivity index (χ0v) is 22.2. The number of phenols is 1. The molecule has 8 nitrogen and oxygen atoms in total. The number of aromatic nitrogens is 1. The minimum atomic E-state index is -0.472. The number of para-hydroxylation sites is 1. The first-order chi connectivity index (χ1) is 17.8. The van der Waals surface area contributed by atoms with Crippen LogP contribution in [-0.4, -0.2) is 37.5 Å². The third kappa shape index (κ3) is 5.27. The second-order valence-corrected chi connectivity index (χ2v) is 10.4. The summed E-state index contributed by atoms with van der Waals surface area (Å²) in [5, 5.41) is 22.7. The molecule has 37 heavy (non-hydrogen) atoms. The molecular weight excluding hydrogens is 580 g/mol. The number of benzene rings is 3. The number of rotatable bonds is 6. The molecule has 3 aromatic carbocycles. The van der Waals surface area contributed by atoms with E-state index in [2.05, 4.69) is 25.9 Å². The van der Waals surface area contributed by atoms with Gasteiger partial charge in [0, 0.05) is 35.8 Å². The molecule has 0 bridgehead atoms. The fourth-order valence-corrected chi connectivity index (χ4v) is 5.78. The highest BCUT2D eigenvalue weighted by Gasteiger charge is 2.33. The molecular formula is C26H18BrClN4O4S. The van der Waals surface area contributed by atoms with Gasteiger partial charge in [0.05, 0.1) is 25.0 Å². The number of nitro groups is 1. The summed E-state index contributed by atoms with van der Waals surface area (Å²) in [7, 11) is 0. The third-order valence-electron chi connectivity index (χ3n) is 5.79. The van der Waals surface area contributed by atoms with Crippen molar-refractivity contribution in [2.45, 2.75) is 6.42 Å².